The van der Waals surface area contributed by atoms with Gasteiger partial charge < -0.3 is 15.3 Å². The van der Waals surface area contributed by atoms with E-state index in [1.165, 1.54) is 0 Å². The number of hydrogen-bond acceptors (Lipinski definition) is 4. The summed E-state index contributed by atoms with van der Waals surface area (Å²) in [6.45, 7) is 5.08. The third-order valence-electron chi connectivity index (χ3n) is 3.24. The molecule has 0 aromatic carbocycles. The first kappa shape index (κ1) is 14.9. The standard InChI is InChI=1S/C13H23N3O2/c1-10(2)6-11(9-17)15-8-13(18)16-5-3-4-12(16)7-14/h10-12,15,17H,3-6,8-9H2,1-2H3/t11-,12+/m1/s1. The molecule has 1 fully saturated rings. The van der Waals surface area contributed by atoms with Crippen molar-refractivity contribution in [3.8, 4) is 6.07 Å². The molecule has 5 heteroatoms. The molecule has 0 aromatic heterocycles. The van der Waals surface area contributed by atoms with E-state index in [9.17, 15) is 9.90 Å². The highest BCUT2D eigenvalue weighted by molar-refractivity contribution is 5.79. The Morgan fingerprint density at radius 2 is 2.33 bits per heavy atom. The number of carbonyl (C=O) groups excluding carboxylic acids is 1. The van der Waals surface area contributed by atoms with Gasteiger partial charge in [0.15, 0.2) is 0 Å². The zero-order valence-corrected chi connectivity index (χ0v) is 11.2. The van der Waals surface area contributed by atoms with Gasteiger partial charge in [0.05, 0.1) is 19.2 Å². The van der Waals surface area contributed by atoms with Gasteiger partial charge in [-0.1, -0.05) is 13.8 Å². The van der Waals surface area contributed by atoms with Crippen LogP contribution in [-0.2, 0) is 4.79 Å². The molecule has 5 nitrogen and oxygen atoms in total. The molecule has 1 amide bonds. The van der Waals surface area contributed by atoms with Gasteiger partial charge in [0.25, 0.3) is 0 Å². The van der Waals surface area contributed by atoms with Crippen molar-refractivity contribution in [3.05, 3.63) is 0 Å². The second-order valence-corrected chi connectivity index (χ2v) is 5.26. The number of hydrogen-bond donors (Lipinski definition) is 2. The van der Waals surface area contributed by atoms with E-state index >= 15 is 0 Å². The molecule has 2 N–H and O–H groups in total. The van der Waals surface area contributed by atoms with Crippen LogP contribution in [0.2, 0.25) is 0 Å². The molecule has 0 aliphatic carbocycles. The zero-order valence-electron chi connectivity index (χ0n) is 11.2. The Hall–Kier alpha value is -1.12. The Morgan fingerprint density at radius 3 is 2.89 bits per heavy atom. The number of aliphatic hydroxyl groups is 1. The number of likely N-dealkylation sites (tertiary alicyclic amines) is 1. The fourth-order valence-electron chi connectivity index (χ4n) is 2.32. The third-order valence-corrected chi connectivity index (χ3v) is 3.24. The zero-order chi connectivity index (χ0) is 13.5. The van der Waals surface area contributed by atoms with Gasteiger partial charge >= 0.3 is 0 Å². The van der Waals surface area contributed by atoms with Crippen LogP contribution in [0.4, 0.5) is 0 Å². The Balaban J connectivity index is 2.38. The normalized spacial score (nSPS) is 21.1. The first-order chi connectivity index (χ1) is 8.58. The average Bonchev–Trinajstić information content (AvgIpc) is 2.81. The molecule has 18 heavy (non-hydrogen) atoms. The maximum absolute atomic E-state index is 12.0. The molecular weight excluding hydrogens is 230 g/mol. The highest BCUT2D eigenvalue weighted by Gasteiger charge is 2.28. The summed E-state index contributed by atoms with van der Waals surface area (Å²) in [5, 5.41) is 21.2. The number of aliphatic hydroxyl groups excluding tert-OH is 1. The summed E-state index contributed by atoms with van der Waals surface area (Å²) < 4.78 is 0. The fourth-order valence-corrected chi connectivity index (χ4v) is 2.32. The van der Waals surface area contributed by atoms with Gasteiger partial charge in [-0.3, -0.25) is 4.79 Å². The third kappa shape index (κ3) is 4.28. The highest BCUT2D eigenvalue weighted by atomic mass is 16.3. The maximum atomic E-state index is 12.0. The van der Waals surface area contributed by atoms with Crippen molar-refractivity contribution >= 4 is 5.91 Å². The van der Waals surface area contributed by atoms with Gasteiger partial charge in [-0.15, -0.1) is 0 Å². The molecule has 102 valence electrons. The monoisotopic (exact) mass is 253 g/mol. The van der Waals surface area contributed by atoms with Crippen LogP contribution < -0.4 is 5.32 Å². The van der Waals surface area contributed by atoms with E-state index in [1.54, 1.807) is 4.90 Å². The van der Waals surface area contributed by atoms with Crippen molar-refractivity contribution in [2.45, 2.75) is 45.2 Å². The van der Waals surface area contributed by atoms with E-state index in [2.05, 4.69) is 25.2 Å². The van der Waals surface area contributed by atoms with Crippen LogP contribution in [0.15, 0.2) is 0 Å². The minimum Gasteiger partial charge on any atom is -0.395 e. The second kappa shape index (κ2) is 7.34. The molecule has 0 spiro atoms. The van der Waals surface area contributed by atoms with Crippen molar-refractivity contribution in [2.24, 2.45) is 5.92 Å². The van der Waals surface area contributed by atoms with Crippen LogP contribution in [0.25, 0.3) is 0 Å². The van der Waals surface area contributed by atoms with Crippen LogP contribution in [0, 0.1) is 17.2 Å². The van der Waals surface area contributed by atoms with Crippen LogP contribution in [0.1, 0.15) is 33.1 Å². The SMILES string of the molecule is CC(C)C[C@H](CO)NCC(=O)N1CCC[C@H]1C#N. The lowest BCUT2D eigenvalue weighted by atomic mass is 10.0. The molecule has 2 atom stereocenters. The Labute approximate surface area is 109 Å². The van der Waals surface area contributed by atoms with Crippen LogP contribution >= 0.6 is 0 Å². The van der Waals surface area contributed by atoms with Crippen molar-refractivity contribution in [1.29, 1.82) is 5.26 Å². The molecule has 0 saturated carbocycles. The minimum atomic E-state index is -0.267. The molecule has 1 aliphatic heterocycles. The van der Waals surface area contributed by atoms with E-state index in [-0.39, 0.29) is 31.1 Å². The average molecular weight is 253 g/mol. The number of carbonyl (C=O) groups is 1. The van der Waals surface area contributed by atoms with Crippen molar-refractivity contribution in [1.82, 2.24) is 10.2 Å². The fraction of sp³-hybridized carbons (Fsp3) is 0.846. The molecule has 1 saturated heterocycles. The predicted octanol–water partition coefficient (Wildman–Crippen LogP) is 0.498. The van der Waals surface area contributed by atoms with Crippen molar-refractivity contribution < 1.29 is 9.90 Å². The second-order valence-electron chi connectivity index (χ2n) is 5.26. The summed E-state index contributed by atoms with van der Waals surface area (Å²) in [7, 11) is 0. The molecule has 0 aromatic rings. The smallest absolute Gasteiger partial charge is 0.237 e. The molecular formula is C13H23N3O2. The molecule has 1 heterocycles. The quantitative estimate of drug-likeness (QED) is 0.722. The highest BCUT2D eigenvalue weighted by Crippen LogP contribution is 2.16. The van der Waals surface area contributed by atoms with Crippen molar-refractivity contribution in [2.75, 3.05) is 19.7 Å². The van der Waals surface area contributed by atoms with Gasteiger partial charge in [-0.25, -0.2) is 0 Å². The molecule has 0 radical (unpaired) electrons. The number of nitrogens with one attached hydrogen (secondary N) is 1. The molecule has 0 bridgehead atoms. The predicted molar refractivity (Wildman–Crippen MR) is 68.7 cm³/mol. The van der Waals surface area contributed by atoms with E-state index in [0.29, 0.717) is 12.5 Å². The number of nitrogens with zero attached hydrogens (tertiary/aromatic N) is 2. The van der Waals surface area contributed by atoms with Crippen LogP contribution in [0.5, 0.6) is 0 Å². The largest absolute Gasteiger partial charge is 0.395 e. The van der Waals surface area contributed by atoms with E-state index in [4.69, 9.17) is 5.26 Å². The lowest BCUT2D eigenvalue weighted by Gasteiger charge is -2.22. The van der Waals surface area contributed by atoms with Gasteiger partial charge in [-0.2, -0.15) is 5.26 Å². The lowest BCUT2D eigenvalue weighted by Crippen LogP contribution is -2.44. The Morgan fingerprint density at radius 1 is 1.61 bits per heavy atom. The summed E-state index contributed by atoms with van der Waals surface area (Å²) in [6, 6.07) is 1.85. The van der Waals surface area contributed by atoms with Crippen LogP contribution in [0.3, 0.4) is 0 Å². The first-order valence-corrected chi connectivity index (χ1v) is 6.61. The van der Waals surface area contributed by atoms with Gasteiger partial charge in [0.1, 0.15) is 6.04 Å². The van der Waals surface area contributed by atoms with E-state index in [1.807, 2.05) is 0 Å². The topological polar surface area (TPSA) is 76.4 Å². The number of rotatable bonds is 6. The summed E-state index contributed by atoms with van der Waals surface area (Å²) in [4.78, 5) is 13.6. The van der Waals surface area contributed by atoms with E-state index < -0.39 is 0 Å². The Bertz CT molecular complexity index is 312. The summed E-state index contributed by atoms with van der Waals surface area (Å²) in [5.74, 6) is 0.435. The lowest BCUT2D eigenvalue weighted by molar-refractivity contribution is -0.130. The van der Waals surface area contributed by atoms with Gasteiger partial charge in [0.2, 0.25) is 5.91 Å². The maximum Gasteiger partial charge on any atom is 0.237 e. The first-order valence-electron chi connectivity index (χ1n) is 6.61. The van der Waals surface area contributed by atoms with Gasteiger partial charge in [0, 0.05) is 12.6 Å². The summed E-state index contributed by atoms with van der Waals surface area (Å²) in [6.07, 6.45) is 2.52. The van der Waals surface area contributed by atoms with Crippen LogP contribution in [-0.4, -0.2) is 47.7 Å². The van der Waals surface area contributed by atoms with E-state index in [0.717, 1.165) is 19.3 Å². The number of amides is 1. The summed E-state index contributed by atoms with van der Waals surface area (Å²) in [5.41, 5.74) is 0. The van der Waals surface area contributed by atoms with Gasteiger partial charge in [-0.05, 0) is 25.2 Å². The number of nitriles is 1. The minimum absolute atomic E-state index is 0.0349. The Kier molecular flexibility index (Phi) is 6.10. The van der Waals surface area contributed by atoms with Crippen molar-refractivity contribution in [3.63, 3.8) is 0 Å². The molecule has 0 unspecified atom stereocenters. The molecule has 1 rings (SSSR count). The molecule has 1 aliphatic rings. The summed E-state index contributed by atoms with van der Waals surface area (Å²) >= 11 is 0.